The van der Waals surface area contributed by atoms with Crippen LogP contribution in [0.5, 0.6) is 5.75 Å². The molecule has 0 aromatic heterocycles. The van der Waals surface area contributed by atoms with Crippen molar-refractivity contribution in [1.29, 1.82) is 0 Å². The SMILES string of the molecule is Nc1cc(Cl)c2c(c1Cl)OCC(=O)N2. The maximum Gasteiger partial charge on any atom is 0.262 e. The minimum atomic E-state index is -0.264. The molecule has 0 atom stereocenters. The van der Waals surface area contributed by atoms with Crippen LogP contribution in [0.4, 0.5) is 11.4 Å². The summed E-state index contributed by atoms with van der Waals surface area (Å²) in [5, 5.41) is 3.14. The van der Waals surface area contributed by atoms with Crippen molar-refractivity contribution in [2.24, 2.45) is 0 Å². The molecule has 0 spiro atoms. The highest BCUT2D eigenvalue weighted by atomic mass is 35.5. The molecule has 6 heteroatoms. The number of nitrogens with two attached hydrogens (primary N) is 1. The van der Waals surface area contributed by atoms with Crippen molar-refractivity contribution in [3.8, 4) is 5.75 Å². The number of fused-ring (bicyclic) bond motifs is 1. The number of amides is 1. The van der Waals surface area contributed by atoms with Crippen molar-refractivity contribution in [3.05, 3.63) is 16.1 Å². The van der Waals surface area contributed by atoms with Crippen molar-refractivity contribution in [1.82, 2.24) is 0 Å². The fourth-order valence-electron chi connectivity index (χ4n) is 1.19. The van der Waals surface area contributed by atoms with Crippen LogP contribution in [-0.2, 0) is 4.79 Å². The van der Waals surface area contributed by atoms with Gasteiger partial charge in [0, 0.05) is 0 Å². The number of hydrogen-bond donors (Lipinski definition) is 2. The van der Waals surface area contributed by atoms with Gasteiger partial charge in [-0.3, -0.25) is 4.79 Å². The third-order valence-corrected chi connectivity index (χ3v) is 2.50. The Morgan fingerprint density at radius 2 is 2.21 bits per heavy atom. The van der Waals surface area contributed by atoms with Crippen LogP contribution < -0.4 is 15.8 Å². The van der Waals surface area contributed by atoms with Crippen molar-refractivity contribution < 1.29 is 9.53 Å². The lowest BCUT2D eigenvalue weighted by Crippen LogP contribution is -2.26. The van der Waals surface area contributed by atoms with E-state index in [0.29, 0.717) is 22.1 Å². The van der Waals surface area contributed by atoms with Crippen LogP contribution in [0.2, 0.25) is 10.0 Å². The lowest BCUT2D eigenvalue weighted by atomic mass is 10.2. The number of carbonyl (C=O) groups excluding carboxylic acids is 1. The van der Waals surface area contributed by atoms with Gasteiger partial charge in [-0.05, 0) is 6.07 Å². The fraction of sp³-hybridized carbons (Fsp3) is 0.125. The summed E-state index contributed by atoms with van der Waals surface area (Å²) in [5.74, 6) is 0.0662. The van der Waals surface area contributed by atoms with Crippen LogP contribution in [0.3, 0.4) is 0 Å². The quantitative estimate of drug-likeness (QED) is 0.672. The maximum atomic E-state index is 11.0. The lowest BCUT2D eigenvalue weighted by Gasteiger charge is -2.20. The van der Waals surface area contributed by atoms with Crippen LogP contribution >= 0.6 is 23.2 Å². The Balaban J connectivity index is 2.62. The summed E-state index contributed by atoms with van der Waals surface area (Å²) in [6, 6.07) is 1.47. The summed E-state index contributed by atoms with van der Waals surface area (Å²) in [6.45, 7) is -0.0769. The Morgan fingerprint density at radius 1 is 1.50 bits per heavy atom. The van der Waals surface area contributed by atoms with Crippen LogP contribution in [0.15, 0.2) is 6.07 Å². The fourth-order valence-corrected chi connectivity index (χ4v) is 1.64. The molecule has 4 nitrogen and oxygen atoms in total. The van der Waals surface area contributed by atoms with Gasteiger partial charge >= 0.3 is 0 Å². The number of ether oxygens (including phenoxy) is 1. The van der Waals surface area contributed by atoms with Gasteiger partial charge in [-0.15, -0.1) is 0 Å². The number of nitrogens with one attached hydrogen (secondary N) is 1. The molecule has 0 unspecified atom stereocenters. The lowest BCUT2D eigenvalue weighted by molar-refractivity contribution is -0.118. The van der Waals surface area contributed by atoms with Crippen LogP contribution in [0, 0.1) is 0 Å². The predicted molar refractivity (Wildman–Crippen MR) is 55.0 cm³/mol. The number of benzene rings is 1. The van der Waals surface area contributed by atoms with E-state index in [4.69, 9.17) is 33.7 Å². The van der Waals surface area contributed by atoms with E-state index in [-0.39, 0.29) is 17.5 Å². The van der Waals surface area contributed by atoms with Crippen LogP contribution in [-0.4, -0.2) is 12.5 Å². The first-order valence-corrected chi connectivity index (χ1v) is 4.55. The zero-order chi connectivity index (χ0) is 10.3. The molecule has 3 N–H and O–H groups in total. The van der Waals surface area contributed by atoms with Crippen molar-refractivity contribution in [2.75, 3.05) is 17.7 Å². The molecule has 1 aromatic carbocycles. The van der Waals surface area contributed by atoms with E-state index >= 15 is 0 Å². The molecule has 0 radical (unpaired) electrons. The van der Waals surface area contributed by atoms with Gasteiger partial charge in [-0.2, -0.15) is 0 Å². The Morgan fingerprint density at radius 3 is 2.93 bits per heavy atom. The highest BCUT2D eigenvalue weighted by Crippen LogP contribution is 2.43. The van der Waals surface area contributed by atoms with E-state index in [1.165, 1.54) is 6.07 Å². The molecule has 0 fully saturated rings. The summed E-state index contributed by atoms with van der Waals surface area (Å²) in [6.07, 6.45) is 0. The average Bonchev–Trinajstić information content (AvgIpc) is 2.14. The van der Waals surface area contributed by atoms with Crippen molar-refractivity contribution in [2.45, 2.75) is 0 Å². The summed E-state index contributed by atoms with van der Waals surface area (Å²) in [5.41, 5.74) is 6.27. The average molecular weight is 233 g/mol. The van der Waals surface area contributed by atoms with Crippen molar-refractivity contribution >= 4 is 40.5 Å². The number of carbonyl (C=O) groups is 1. The molecule has 0 saturated carbocycles. The highest BCUT2D eigenvalue weighted by Gasteiger charge is 2.23. The second-order valence-corrected chi connectivity index (χ2v) is 3.59. The molecule has 0 aliphatic carbocycles. The van der Waals surface area contributed by atoms with Gasteiger partial charge in [0.1, 0.15) is 10.7 Å². The maximum absolute atomic E-state index is 11.0. The Kier molecular flexibility index (Phi) is 2.17. The number of rotatable bonds is 0. The van der Waals surface area contributed by atoms with Gasteiger partial charge in [0.05, 0.1) is 10.7 Å². The zero-order valence-corrected chi connectivity index (χ0v) is 8.45. The second kappa shape index (κ2) is 3.22. The summed E-state index contributed by atoms with van der Waals surface area (Å²) in [4.78, 5) is 11.0. The third-order valence-electron chi connectivity index (χ3n) is 1.81. The summed E-state index contributed by atoms with van der Waals surface area (Å²) < 4.78 is 5.12. The molecule has 0 bridgehead atoms. The largest absolute Gasteiger partial charge is 0.480 e. The molecular weight excluding hydrogens is 227 g/mol. The van der Waals surface area contributed by atoms with Gasteiger partial charge in [0.15, 0.2) is 12.4 Å². The van der Waals surface area contributed by atoms with E-state index in [2.05, 4.69) is 5.32 Å². The molecule has 2 rings (SSSR count). The highest BCUT2D eigenvalue weighted by molar-refractivity contribution is 6.39. The zero-order valence-electron chi connectivity index (χ0n) is 6.93. The van der Waals surface area contributed by atoms with E-state index < -0.39 is 0 Å². The van der Waals surface area contributed by atoms with Crippen molar-refractivity contribution in [3.63, 3.8) is 0 Å². The number of nitrogen functional groups attached to an aromatic ring is 1. The van der Waals surface area contributed by atoms with E-state index in [0.717, 1.165) is 0 Å². The number of halogens is 2. The minimum Gasteiger partial charge on any atom is -0.480 e. The molecule has 0 saturated heterocycles. The standard InChI is InChI=1S/C8H6Cl2N2O2/c9-3-1-4(11)6(10)8-7(3)12-5(13)2-14-8/h1H,2,11H2,(H,12,13). The van der Waals surface area contributed by atoms with E-state index in [1.807, 2.05) is 0 Å². The predicted octanol–water partition coefficient (Wildman–Crippen LogP) is 1.91. The first-order chi connectivity index (χ1) is 6.59. The second-order valence-electron chi connectivity index (χ2n) is 2.80. The van der Waals surface area contributed by atoms with Gasteiger partial charge in [-0.25, -0.2) is 0 Å². The van der Waals surface area contributed by atoms with Gasteiger partial charge in [0.2, 0.25) is 0 Å². The van der Waals surface area contributed by atoms with Gasteiger partial charge in [-0.1, -0.05) is 23.2 Å². The van der Waals surface area contributed by atoms with Gasteiger partial charge in [0.25, 0.3) is 5.91 Å². The van der Waals surface area contributed by atoms with Crippen LogP contribution in [0.1, 0.15) is 0 Å². The number of anilines is 2. The first-order valence-electron chi connectivity index (χ1n) is 3.79. The summed E-state index contributed by atoms with van der Waals surface area (Å²) >= 11 is 11.7. The Labute approximate surface area is 89.9 Å². The molecule has 1 aromatic rings. The Hall–Kier alpha value is -1.13. The molecule has 14 heavy (non-hydrogen) atoms. The van der Waals surface area contributed by atoms with E-state index in [9.17, 15) is 4.79 Å². The Bertz CT molecular complexity index is 420. The number of hydrogen-bond acceptors (Lipinski definition) is 3. The normalized spacial score (nSPS) is 14.3. The topological polar surface area (TPSA) is 64.3 Å². The smallest absolute Gasteiger partial charge is 0.262 e. The van der Waals surface area contributed by atoms with Gasteiger partial charge < -0.3 is 15.8 Å². The molecule has 74 valence electrons. The molecule has 1 aliphatic heterocycles. The minimum absolute atomic E-state index is 0.0769. The van der Waals surface area contributed by atoms with Crippen LogP contribution in [0.25, 0.3) is 0 Å². The first kappa shape index (κ1) is 9.43. The molecule has 1 amide bonds. The monoisotopic (exact) mass is 232 g/mol. The summed E-state index contributed by atoms with van der Waals surface area (Å²) in [7, 11) is 0. The molecular formula is C8H6Cl2N2O2. The third kappa shape index (κ3) is 1.36. The molecule has 1 aliphatic rings. The van der Waals surface area contributed by atoms with E-state index in [1.54, 1.807) is 0 Å². The molecule has 1 heterocycles.